The maximum Gasteiger partial charge on any atom is 0.237 e. The Morgan fingerprint density at radius 1 is 1.40 bits per heavy atom. The summed E-state index contributed by atoms with van der Waals surface area (Å²) in [4.78, 5) is 15.1. The van der Waals surface area contributed by atoms with Crippen LogP contribution in [-0.4, -0.2) is 29.4 Å². The van der Waals surface area contributed by atoms with E-state index in [-0.39, 0.29) is 11.4 Å². The predicted molar refractivity (Wildman–Crippen MR) is 81.8 cm³/mol. The fourth-order valence-corrected chi connectivity index (χ4v) is 3.93. The number of anilines is 1. The number of nitrogens with one attached hydrogen (secondary N) is 1. The highest BCUT2D eigenvalue weighted by Crippen LogP contribution is 2.53. The number of nitrogens with zero attached hydrogens (tertiary/aromatic N) is 1. The van der Waals surface area contributed by atoms with Crippen molar-refractivity contribution in [3.05, 3.63) is 42.0 Å². The van der Waals surface area contributed by atoms with E-state index in [0.717, 1.165) is 36.3 Å². The zero-order valence-corrected chi connectivity index (χ0v) is 12.5. The van der Waals surface area contributed by atoms with E-state index in [1.54, 1.807) is 0 Å². The van der Waals surface area contributed by atoms with Gasteiger partial charge in [0.1, 0.15) is 0 Å². The maximum absolute atomic E-state index is 12.7. The molecule has 106 valence electrons. The van der Waals surface area contributed by atoms with Crippen LogP contribution >= 0.6 is 0 Å². The van der Waals surface area contributed by atoms with Gasteiger partial charge in [-0.1, -0.05) is 30.4 Å². The monoisotopic (exact) mass is 270 g/mol. The highest BCUT2D eigenvalue weighted by molar-refractivity contribution is 6.07. The number of hydrogen-bond donors (Lipinski definition) is 1. The fraction of sp³-hybridized carbons (Fsp3) is 0.471. The standard InChI is InChI=1S/C17H22N2O/c1-12(2)11-19-10-9-17(16(19,3)4)13-7-5-6-8-14(13)18-15(17)20/h5-8H,1,9-11H2,2-4H3,(H,18,20). The third-order valence-electron chi connectivity index (χ3n) is 5.08. The Labute approximate surface area is 120 Å². The molecule has 20 heavy (non-hydrogen) atoms. The van der Waals surface area contributed by atoms with Crippen LogP contribution in [0.2, 0.25) is 0 Å². The molecule has 1 aromatic rings. The number of para-hydroxylation sites is 1. The Morgan fingerprint density at radius 3 is 2.80 bits per heavy atom. The Kier molecular flexibility index (Phi) is 2.80. The highest BCUT2D eigenvalue weighted by Gasteiger charge is 2.62. The highest BCUT2D eigenvalue weighted by atomic mass is 16.2. The van der Waals surface area contributed by atoms with Crippen LogP contribution in [0, 0.1) is 0 Å². The van der Waals surface area contributed by atoms with Gasteiger partial charge in [0.05, 0.1) is 5.41 Å². The van der Waals surface area contributed by atoms with Crippen LogP contribution in [-0.2, 0) is 10.2 Å². The summed E-state index contributed by atoms with van der Waals surface area (Å²) in [6.07, 6.45) is 0.871. The quantitative estimate of drug-likeness (QED) is 0.838. The molecule has 1 saturated heterocycles. The summed E-state index contributed by atoms with van der Waals surface area (Å²) in [6.45, 7) is 12.2. The number of benzene rings is 1. The minimum atomic E-state index is -0.432. The van der Waals surface area contributed by atoms with Crippen molar-refractivity contribution < 1.29 is 4.79 Å². The molecule has 2 aliphatic rings. The molecule has 3 heteroatoms. The molecule has 1 aromatic carbocycles. The zero-order valence-electron chi connectivity index (χ0n) is 12.5. The van der Waals surface area contributed by atoms with E-state index in [9.17, 15) is 4.79 Å². The lowest BCUT2D eigenvalue weighted by atomic mass is 9.68. The lowest BCUT2D eigenvalue weighted by Gasteiger charge is -2.42. The molecule has 2 heterocycles. The van der Waals surface area contributed by atoms with Gasteiger partial charge in [0, 0.05) is 24.3 Å². The van der Waals surface area contributed by atoms with Crippen LogP contribution in [0.25, 0.3) is 0 Å². The fourth-order valence-electron chi connectivity index (χ4n) is 3.93. The summed E-state index contributed by atoms with van der Waals surface area (Å²) >= 11 is 0. The van der Waals surface area contributed by atoms with E-state index in [1.165, 1.54) is 0 Å². The molecule has 1 unspecified atom stereocenters. The van der Waals surface area contributed by atoms with Crippen molar-refractivity contribution in [1.29, 1.82) is 0 Å². The van der Waals surface area contributed by atoms with Gasteiger partial charge < -0.3 is 5.32 Å². The van der Waals surface area contributed by atoms with E-state index >= 15 is 0 Å². The van der Waals surface area contributed by atoms with Crippen LogP contribution in [0.3, 0.4) is 0 Å². The van der Waals surface area contributed by atoms with Crippen LogP contribution in [0.15, 0.2) is 36.4 Å². The molecule has 0 aliphatic carbocycles. The molecule has 0 saturated carbocycles. The minimum absolute atomic E-state index is 0.146. The van der Waals surface area contributed by atoms with E-state index in [4.69, 9.17) is 0 Å². The van der Waals surface area contributed by atoms with Gasteiger partial charge in [-0.15, -0.1) is 0 Å². The van der Waals surface area contributed by atoms with Gasteiger partial charge in [0.25, 0.3) is 0 Å². The van der Waals surface area contributed by atoms with Crippen LogP contribution in [0.1, 0.15) is 32.8 Å². The molecule has 1 amide bonds. The van der Waals surface area contributed by atoms with Gasteiger partial charge in [-0.2, -0.15) is 0 Å². The van der Waals surface area contributed by atoms with Gasteiger partial charge >= 0.3 is 0 Å². The number of rotatable bonds is 2. The number of fused-ring (bicyclic) bond motifs is 2. The lowest BCUT2D eigenvalue weighted by Crippen LogP contribution is -2.55. The first-order chi connectivity index (χ1) is 9.39. The van der Waals surface area contributed by atoms with Crippen molar-refractivity contribution in [2.24, 2.45) is 0 Å². The van der Waals surface area contributed by atoms with E-state index in [1.807, 2.05) is 25.1 Å². The average Bonchev–Trinajstić information content (AvgIpc) is 2.80. The smallest absolute Gasteiger partial charge is 0.237 e. The molecule has 0 radical (unpaired) electrons. The first-order valence-electron chi connectivity index (χ1n) is 7.20. The number of likely N-dealkylation sites (tertiary alicyclic amines) is 1. The number of carbonyl (C=O) groups is 1. The van der Waals surface area contributed by atoms with Crippen molar-refractivity contribution in [2.75, 3.05) is 18.4 Å². The molecule has 0 bridgehead atoms. The summed E-state index contributed by atoms with van der Waals surface area (Å²) in [7, 11) is 0. The summed E-state index contributed by atoms with van der Waals surface area (Å²) in [5, 5.41) is 3.07. The van der Waals surface area contributed by atoms with Crippen LogP contribution in [0.4, 0.5) is 5.69 Å². The summed E-state index contributed by atoms with van der Waals surface area (Å²) < 4.78 is 0. The van der Waals surface area contributed by atoms with Crippen molar-refractivity contribution in [2.45, 2.75) is 38.1 Å². The van der Waals surface area contributed by atoms with Gasteiger partial charge in [-0.05, 0) is 38.8 Å². The molecule has 1 atom stereocenters. The predicted octanol–water partition coefficient (Wildman–Crippen LogP) is 2.94. The third kappa shape index (κ3) is 1.53. The second kappa shape index (κ2) is 4.19. The Bertz CT molecular complexity index is 590. The zero-order chi connectivity index (χ0) is 14.5. The van der Waals surface area contributed by atoms with Crippen LogP contribution < -0.4 is 5.32 Å². The number of amides is 1. The van der Waals surface area contributed by atoms with Crippen molar-refractivity contribution in [3.8, 4) is 0 Å². The average molecular weight is 270 g/mol. The molecule has 3 nitrogen and oxygen atoms in total. The molecular weight excluding hydrogens is 248 g/mol. The largest absolute Gasteiger partial charge is 0.325 e. The molecule has 2 aliphatic heterocycles. The second-order valence-corrected chi connectivity index (χ2v) is 6.59. The molecule has 3 rings (SSSR count). The van der Waals surface area contributed by atoms with Gasteiger partial charge in [-0.25, -0.2) is 0 Å². The number of hydrogen-bond acceptors (Lipinski definition) is 2. The lowest BCUT2D eigenvalue weighted by molar-refractivity contribution is -0.123. The summed E-state index contributed by atoms with van der Waals surface area (Å²) in [5.74, 6) is 0.146. The summed E-state index contributed by atoms with van der Waals surface area (Å²) in [5.41, 5.74) is 2.63. The van der Waals surface area contributed by atoms with Crippen molar-refractivity contribution in [1.82, 2.24) is 4.90 Å². The Hall–Kier alpha value is -1.61. The SMILES string of the molecule is C=C(C)CN1CCC2(C(=O)Nc3ccccc32)C1(C)C. The van der Waals surface area contributed by atoms with E-state index < -0.39 is 5.41 Å². The van der Waals surface area contributed by atoms with Crippen LogP contribution in [0.5, 0.6) is 0 Å². The second-order valence-electron chi connectivity index (χ2n) is 6.59. The molecular formula is C17H22N2O. The Balaban J connectivity index is 2.10. The molecule has 1 fully saturated rings. The summed E-state index contributed by atoms with van der Waals surface area (Å²) in [6, 6.07) is 8.10. The molecule has 1 N–H and O–H groups in total. The van der Waals surface area contributed by atoms with E-state index in [0.29, 0.717) is 0 Å². The van der Waals surface area contributed by atoms with Crippen molar-refractivity contribution in [3.63, 3.8) is 0 Å². The topological polar surface area (TPSA) is 32.3 Å². The molecule has 0 aromatic heterocycles. The van der Waals surface area contributed by atoms with Gasteiger partial charge in [0.2, 0.25) is 5.91 Å². The maximum atomic E-state index is 12.7. The normalized spacial score (nSPS) is 27.6. The van der Waals surface area contributed by atoms with Gasteiger partial charge in [-0.3, -0.25) is 9.69 Å². The number of carbonyl (C=O) groups excluding carboxylic acids is 1. The molecule has 1 spiro atoms. The third-order valence-corrected chi connectivity index (χ3v) is 5.08. The van der Waals surface area contributed by atoms with Gasteiger partial charge in [0.15, 0.2) is 0 Å². The minimum Gasteiger partial charge on any atom is -0.325 e. The first kappa shape index (κ1) is 13.4. The van der Waals surface area contributed by atoms with E-state index in [2.05, 4.69) is 36.7 Å². The van der Waals surface area contributed by atoms with Crippen molar-refractivity contribution >= 4 is 11.6 Å². The first-order valence-corrected chi connectivity index (χ1v) is 7.20. The Morgan fingerprint density at radius 2 is 2.10 bits per heavy atom.